The van der Waals surface area contributed by atoms with E-state index in [2.05, 4.69) is 45.5 Å². The van der Waals surface area contributed by atoms with Crippen LogP contribution in [0.3, 0.4) is 0 Å². The van der Waals surface area contributed by atoms with Gasteiger partial charge in [-0.15, -0.1) is 11.8 Å². The van der Waals surface area contributed by atoms with Crippen molar-refractivity contribution in [2.45, 2.75) is 42.0 Å². The first-order valence-electron chi connectivity index (χ1n) is 11.1. The Labute approximate surface area is 203 Å². The number of rotatable bonds is 4. The van der Waals surface area contributed by atoms with Gasteiger partial charge in [-0.2, -0.15) is 0 Å². The Bertz CT molecular complexity index is 1220. The molecule has 1 aliphatic heterocycles. The third kappa shape index (κ3) is 3.49. The van der Waals surface area contributed by atoms with Crippen LogP contribution in [-0.4, -0.2) is 15.7 Å². The predicted molar refractivity (Wildman–Crippen MR) is 134 cm³/mol. The Kier molecular flexibility index (Phi) is 5.31. The number of anilines is 1. The number of para-hydroxylation sites is 1. The summed E-state index contributed by atoms with van der Waals surface area (Å²) in [5.74, 6) is 2.14. The summed E-state index contributed by atoms with van der Waals surface area (Å²) in [5.41, 5.74) is 2.04. The van der Waals surface area contributed by atoms with Crippen molar-refractivity contribution >= 4 is 50.6 Å². The summed E-state index contributed by atoms with van der Waals surface area (Å²) >= 11 is 6.78. The van der Waals surface area contributed by atoms with E-state index in [-0.39, 0.29) is 23.2 Å². The Morgan fingerprint density at radius 3 is 2.59 bits per heavy atom. The summed E-state index contributed by atoms with van der Waals surface area (Å²) in [4.78, 5) is 27.0. The smallest absolute Gasteiger partial charge is 0.308 e. The van der Waals surface area contributed by atoms with Gasteiger partial charge in [0, 0.05) is 26.2 Å². The standard InChI is InChI=1S/C25H23BrN2O2S2/c26-17-10-8-14(9-11-17)20-21-15-6-7-16(12-15)22(21)31-24-23(20)32-25(30)28(24)13-19(29)27-18-4-2-1-3-5-18/h1-5,8-11,15-16,20-22H,6-7,12-13H2,(H,27,29)/t15?,16?,20-,21?,22?/m0/s1. The molecule has 4 nitrogen and oxygen atoms in total. The van der Waals surface area contributed by atoms with Crippen LogP contribution in [0, 0.1) is 17.8 Å². The number of hydrogen-bond acceptors (Lipinski definition) is 4. The van der Waals surface area contributed by atoms with Gasteiger partial charge in [0.05, 0.1) is 5.03 Å². The number of nitrogens with zero attached hydrogens (tertiary/aromatic N) is 1. The number of thioether (sulfide) groups is 1. The number of halogens is 1. The number of aromatic nitrogens is 1. The quantitative estimate of drug-likeness (QED) is 0.456. The van der Waals surface area contributed by atoms with E-state index in [1.807, 2.05) is 42.1 Å². The van der Waals surface area contributed by atoms with Crippen molar-refractivity contribution in [1.82, 2.24) is 4.57 Å². The molecule has 164 valence electrons. The average Bonchev–Trinajstić information content (AvgIpc) is 3.48. The van der Waals surface area contributed by atoms with Gasteiger partial charge >= 0.3 is 4.87 Å². The highest BCUT2D eigenvalue weighted by atomic mass is 79.9. The highest BCUT2D eigenvalue weighted by molar-refractivity contribution is 9.10. The van der Waals surface area contributed by atoms with Crippen LogP contribution in [0.2, 0.25) is 0 Å². The van der Waals surface area contributed by atoms with Crippen molar-refractivity contribution in [1.29, 1.82) is 0 Å². The van der Waals surface area contributed by atoms with Crippen LogP contribution in [-0.2, 0) is 11.3 Å². The highest BCUT2D eigenvalue weighted by Gasteiger charge is 2.55. The normalized spacial score (nSPS) is 27.7. The van der Waals surface area contributed by atoms with Crippen LogP contribution in [0.5, 0.6) is 0 Å². The first-order valence-corrected chi connectivity index (χ1v) is 13.6. The molecule has 3 aliphatic rings. The van der Waals surface area contributed by atoms with Gasteiger partial charge in [-0.25, -0.2) is 0 Å². The number of fused-ring (bicyclic) bond motifs is 6. The van der Waals surface area contributed by atoms with Crippen molar-refractivity contribution < 1.29 is 4.79 Å². The molecule has 7 heteroatoms. The number of benzene rings is 2. The average molecular weight is 528 g/mol. The molecule has 32 heavy (non-hydrogen) atoms. The van der Waals surface area contributed by atoms with Gasteiger partial charge in [-0.3, -0.25) is 14.2 Å². The van der Waals surface area contributed by atoms with Crippen LogP contribution in [0.15, 0.2) is 68.9 Å². The van der Waals surface area contributed by atoms with Crippen LogP contribution in [0.1, 0.15) is 35.6 Å². The summed E-state index contributed by atoms with van der Waals surface area (Å²) in [7, 11) is 0. The maximum atomic E-state index is 13.1. The zero-order chi connectivity index (χ0) is 21.8. The monoisotopic (exact) mass is 526 g/mol. The molecule has 5 atom stereocenters. The fourth-order valence-corrected chi connectivity index (χ4v) is 9.41. The number of carbonyl (C=O) groups is 1. The second-order valence-corrected chi connectivity index (χ2v) is 12.1. The maximum Gasteiger partial charge on any atom is 0.308 e. The summed E-state index contributed by atoms with van der Waals surface area (Å²) in [6.45, 7) is 0.0606. The van der Waals surface area contributed by atoms with Gasteiger partial charge in [0.1, 0.15) is 6.54 Å². The Morgan fingerprint density at radius 2 is 1.81 bits per heavy atom. The number of carbonyl (C=O) groups excluding carboxylic acids is 1. The topological polar surface area (TPSA) is 51.1 Å². The molecule has 0 radical (unpaired) electrons. The molecule has 0 spiro atoms. The summed E-state index contributed by atoms with van der Waals surface area (Å²) in [6.07, 6.45) is 3.91. The molecule has 1 N–H and O–H groups in total. The molecule has 2 heterocycles. The Morgan fingerprint density at radius 1 is 1.06 bits per heavy atom. The Balaban J connectivity index is 1.38. The predicted octanol–water partition coefficient (Wildman–Crippen LogP) is 5.96. The number of nitrogens with one attached hydrogen (secondary N) is 1. The molecule has 3 aromatic rings. The zero-order valence-electron chi connectivity index (χ0n) is 17.4. The van der Waals surface area contributed by atoms with Gasteiger partial charge in [0.2, 0.25) is 5.91 Å². The molecular formula is C25H23BrN2O2S2. The van der Waals surface area contributed by atoms with Crippen LogP contribution in [0.25, 0.3) is 0 Å². The third-order valence-corrected chi connectivity index (χ3v) is 10.6. The lowest BCUT2D eigenvalue weighted by Gasteiger charge is -2.40. The molecule has 1 amide bonds. The largest absolute Gasteiger partial charge is 0.325 e. The van der Waals surface area contributed by atoms with E-state index in [4.69, 9.17) is 0 Å². The third-order valence-electron chi connectivity index (χ3n) is 7.28. The lowest BCUT2D eigenvalue weighted by Crippen LogP contribution is -2.34. The first kappa shape index (κ1) is 20.8. The van der Waals surface area contributed by atoms with Gasteiger partial charge < -0.3 is 5.32 Å². The molecule has 6 rings (SSSR count). The van der Waals surface area contributed by atoms with E-state index in [0.717, 1.165) is 31.9 Å². The molecule has 2 aliphatic carbocycles. The minimum absolute atomic E-state index is 0.0276. The minimum Gasteiger partial charge on any atom is -0.325 e. The van der Waals surface area contributed by atoms with E-state index in [1.165, 1.54) is 36.2 Å². The van der Waals surface area contributed by atoms with Crippen molar-refractivity contribution in [2.75, 3.05) is 5.32 Å². The second kappa shape index (κ2) is 8.19. The Hall–Kier alpha value is -1.83. The maximum absolute atomic E-state index is 13.1. The summed E-state index contributed by atoms with van der Waals surface area (Å²) < 4.78 is 2.79. The van der Waals surface area contributed by atoms with E-state index >= 15 is 0 Å². The van der Waals surface area contributed by atoms with Crippen LogP contribution in [0.4, 0.5) is 5.69 Å². The SMILES string of the molecule is O=C(Cn1c2c(sc1=O)[C@@H](c1ccc(Br)cc1)C1C3CCC(C3)C1S2)Nc1ccccc1. The molecule has 2 aromatic carbocycles. The molecule has 2 bridgehead atoms. The number of hydrogen-bond donors (Lipinski definition) is 1. The minimum atomic E-state index is -0.158. The van der Waals surface area contributed by atoms with Gasteiger partial charge in [-0.05, 0) is 66.8 Å². The molecule has 1 aromatic heterocycles. The molecule has 0 saturated heterocycles. The summed E-state index contributed by atoms with van der Waals surface area (Å²) in [6, 6.07) is 18.0. The van der Waals surface area contributed by atoms with Crippen LogP contribution >= 0.6 is 39.0 Å². The van der Waals surface area contributed by atoms with E-state index in [1.54, 1.807) is 4.57 Å². The highest BCUT2D eigenvalue weighted by Crippen LogP contribution is 2.64. The number of amides is 1. The molecule has 2 fully saturated rings. The number of thiazole rings is 1. The fourth-order valence-electron chi connectivity index (χ4n) is 6.00. The zero-order valence-corrected chi connectivity index (χ0v) is 20.6. The van der Waals surface area contributed by atoms with E-state index < -0.39 is 0 Å². The van der Waals surface area contributed by atoms with E-state index in [9.17, 15) is 9.59 Å². The molecular weight excluding hydrogens is 504 g/mol. The van der Waals surface area contributed by atoms with Crippen molar-refractivity contribution in [3.05, 3.63) is 79.2 Å². The first-order chi connectivity index (χ1) is 15.6. The van der Waals surface area contributed by atoms with Gasteiger partial charge in [0.15, 0.2) is 0 Å². The summed E-state index contributed by atoms with van der Waals surface area (Å²) in [5, 5.41) is 4.48. The fraction of sp³-hybridized carbons (Fsp3) is 0.360. The van der Waals surface area contributed by atoms with E-state index in [0.29, 0.717) is 11.2 Å². The molecule has 2 saturated carbocycles. The van der Waals surface area contributed by atoms with Crippen molar-refractivity contribution in [3.63, 3.8) is 0 Å². The molecule has 4 unspecified atom stereocenters. The second-order valence-electron chi connectivity index (χ2n) is 9.06. The van der Waals surface area contributed by atoms with Crippen molar-refractivity contribution in [2.24, 2.45) is 17.8 Å². The lowest BCUT2D eigenvalue weighted by atomic mass is 9.75. The van der Waals surface area contributed by atoms with Crippen LogP contribution < -0.4 is 10.2 Å². The van der Waals surface area contributed by atoms with Gasteiger partial charge in [0.25, 0.3) is 0 Å². The van der Waals surface area contributed by atoms with Crippen molar-refractivity contribution in [3.8, 4) is 0 Å². The lowest BCUT2D eigenvalue weighted by molar-refractivity contribution is -0.116. The van der Waals surface area contributed by atoms with Gasteiger partial charge in [-0.1, -0.05) is 57.6 Å².